The second kappa shape index (κ2) is 4.98. The molecule has 0 spiro atoms. The molecule has 0 saturated carbocycles. The summed E-state index contributed by atoms with van der Waals surface area (Å²) in [5.74, 6) is 0.969. The Morgan fingerprint density at radius 1 is 1.50 bits per heavy atom. The molecule has 0 aromatic carbocycles. The van der Waals surface area contributed by atoms with Crippen LogP contribution in [0.4, 0.5) is 0 Å². The Balaban J connectivity index is 2.92. The van der Waals surface area contributed by atoms with E-state index < -0.39 is 5.92 Å². The van der Waals surface area contributed by atoms with Gasteiger partial charge >= 0.3 is 0 Å². The summed E-state index contributed by atoms with van der Waals surface area (Å²) >= 11 is 0. The molecule has 0 fully saturated rings. The first-order chi connectivity index (χ1) is 7.45. The Kier molecular flexibility index (Phi) is 3.89. The van der Waals surface area contributed by atoms with Gasteiger partial charge in [-0.15, -0.1) is 0 Å². The number of aryl methyl sites for hydroxylation is 2. The number of furan rings is 1. The zero-order valence-electron chi connectivity index (χ0n) is 10.2. The van der Waals surface area contributed by atoms with Crippen LogP contribution in [0.3, 0.4) is 0 Å². The van der Waals surface area contributed by atoms with Crippen LogP contribution in [0.25, 0.3) is 0 Å². The zero-order valence-corrected chi connectivity index (χ0v) is 10.2. The number of hydrogen-bond donors (Lipinski definition) is 0. The molecule has 0 bridgehead atoms. The van der Waals surface area contributed by atoms with E-state index >= 15 is 0 Å². The maximum Gasteiger partial charge on any atom is 0.183 e. The zero-order chi connectivity index (χ0) is 12.3. The maximum absolute atomic E-state index is 12.1. The molecule has 1 aromatic heterocycles. The van der Waals surface area contributed by atoms with Crippen molar-refractivity contribution in [2.45, 2.75) is 34.1 Å². The van der Waals surface area contributed by atoms with E-state index in [-0.39, 0.29) is 5.78 Å². The molecule has 86 valence electrons. The van der Waals surface area contributed by atoms with Crippen molar-refractivity contribution in [3.8, 4) is 6.07 Å². The third-order valence-electron chi connectivity index (χ3n) is 2.49. The summed E-state index contributed by atoms with van der Waals surface area (Å²) in [5.41, 5.74) is 0.546. The van der Waals surface area contributed by atoms with Gasteiger partial charge in [-0.2, -0.15) is 5.26 Å². The van der Waals surface area contributed by atoms with Crippen molar-refractivity contribution in [1.29, 1.82) is 5.26 Å². The van der Waals surface area contributed by atoms with Gasteiger partial charge in [0.05, 0.1) is 11.6 Å². The maximum atomic E-state index is 12.1. The first-order valence-corrected chi connectivity index (χ1v) is 5.46. The molecule has 0 aliphatic carbocycles. The lowest BCUT2D eigenvalue weighted by Crippen LogP contribution is -2.15. The van der Waals surface area contributed by atoms with Gasteiger partial charge < -0.3 is 4.42 Å². The van der Waals surface area contributed by atoms with Gasteiger partial charge in [-0.3, -0.25) is 4.79 Å². The van der Waals surface area contributed by atoms with Crippen LogP contribution in [0, 0.1) is 37.0 Å². The fraction of sp³-hybridized carbons (Fsp3) is 0.538. The van der Waals surface area contributed by atoms with Gasteiger partial charge in [-0.1, -0.05) is 13.8 Å². The second-order valence-electron chi connectivity index (χ2n) is 4.50. The second-order valence-corrected chi connectivity index (χ2v) is 4.50. The number of Topliss-reactive ketones (excluding diaryl/α,β-unsaturated/α-hetero) is 1. The number of nitriles is 1. The Morgan fingerprint density at radius 3 is 2.50 bits per heavy atom. The fourth-order valence-corrected chi connectivity index (χ4v) is 1.75. The molecule has 0 saturated heterocycles. The monoisotopic (exact) mass is 219 g/mol. The summed E-state index contributed by atoms with van der Waals surface area (Å²) in [7, 11) is 0. The highest BCUT2D eigenvalue weighted by molar-refractivity contribution is 6.00. The van der Waals surface area contributed by atoms with Crippen LogP contribution in [0.1, 0.15) is 42.1 Å². The number of rotatable bonds is 4. The van der Waals surface area contributed by atoms with Crippen molar-refractivity contribution in [3.63, 3.8) is 0 Å². The van der Waals surface area contributed by atoms with Crippen molar-refractivity contribution in [1.82, 2.24) is 0 Å². The largest absolute Gasteiger partial charge is 0.466 e. The summed E-state index contributed by atoms with van der Waals surface area (Å²) in [6, 6.07) is 3.79. The van der Waals surface area contributed by atoms with E-state index in [4.69, 9.17) is 9.68 Å². The highest BCUT2D eigenvalue weighted by Crippen LogP contribution is 2.21. The van der Waals surface area contributed by atoms with Gasteiger partial charge in [0.25, 0.3) is 0 Å². The Morgan fingerprint density at radius 2 is 2.12 bits per heavy atom. The van der Waals surface area contributed by atoms with Gasteiger partial charge in [-0.05, 0) is 32.3 Å². The Labute approximate surface area is 96.1 Å². The first kappa shape index (κ1) is 12.5. The average Bonchev–Trinajstić information content (AvgIpc) is 2.53. The summed E-state index contributed by atoms with van der Waals surface area (Å²) in [5, 5.41) is 9.00. The number of hydrogen-bond acceptors (Lipinski definition) is 3. The molecular formula is C13H17NO2. The fourth-order valence-electron chi connectivity index (χ4n) is 1.75. The molecule has 1 atom stereocenters. The van der Waals surface area contributed by atoms with Crippen molar-refractivity contribution >= 4 is 5.78 Å². The Hall–Kier alpha value is -1.56. The van der Waals surface area contributed by atoms with E-state index in [1.807, 2.05) is 13.8 Å². The summed E-state index contributed by atoms with van der Waals surface area (Å²) < 4.78 is 5.31. The number of carbonyl (C=O) groups is 1. The molecule has 1 aromatic rings. The molecule has 1 unspecified atom stereocenters. The van der Waals surface area contributed by atoms with Crippen LogP contribution in [-0.2, 0) is 0 Å². The molecule has 16 heavy (non-hydrogen) atoms. The van der Waals surface area contributed by atoms with Crippen LogP contribution < -0.4 is 0 Å². The Bertz CT molecular complexity index is 424. The molecule has 3 nitrogen and oxygen atoms in total. The summed E-state index contributed by atoms with van der Waals surface area (Å²) in [4.78, 5) is 12.1. The molecule has 1 heterocycles. The number of nitrogens with zero attached hydrogens (tertiary/aromatic N) is 1. The minimum absolute atomic E-state index is 0.120. The van der Waals surface area contributed by atoms with Gasteiger partial charge in [0.15, 0.2) is 5.78 Å². The van der Waals surface area contributed by atoms with E-state index in [2.05, 4.69) is 6.07 Å². The lowest BCUT2D eigenvalue weighted by Gasteiger charge is -2.09. The highest BCUT2D eigenvalue weighted by Gasteiger charge is 2.24. The lowest BCUT2D eigenvalue weighted by atomic mass is 9.91. The molecule has 0 aliphatic heterocycles. The average molecular weight is 219 g/mol. The third-order valence-corrected chi connectivity index (χ3v) is 2.49. The number of ketones is 1. The number of carbonyl (C=O) groups excluding carboxylic acids is 1. The predicted octanol–water partition coefficient (Wildman–Crippen LogP) is 3.27. The van der Waals surface area contributed by atoms with Gasteiger partial charge in [0, 0.05) is 0 Å². The van der Waals surface area contributed by atoms with Crippen molar-refractivity contribution in [2.75, 3.05) is 0 Å². The minimum atomic E-state index is -0.560. The van der Waals surface area contributed by atoms with E-state index in [1.54, 1.807) is 19.9 Å². The standard InChI is InChI=1S/C13H17NO2/c1-8(2)5-11(7-14)13(15)12-6-9(3)16-10(12)4/h6,8,11H,5H2,1-4H3. The van der Waals surface area contributed by atoms with E-state index in [0.29, 0.717) is 29.4 Å². The molecule has 0 radical (unpaired) electrons. The molecule has 1 rings (SSSR count). The topological polar surface area (TPSA) is 54.0 Å². The van der Waals surface area contributed by atoms with Crippen LogP contribution >= 0.6 is 0 Å². The van der Waals surface area contributed by atoms with Crippen LogP contribution in [0.2, 0.25) is 0 Å². The van der Waals surface area contributed by atoms with Gasteiger partial charge in [0.1, 0.15) is 17.4 Å². The van der Waals surface area contributed by atoms with Gasteiger partial charge in [0.2, 0.25) is 0 Å². The van der Waals surface area contributed by atoms with E-state index in [0.717, 1.165) is 0 Å². The molecular weight excluding hydrogens is 202 g/mol. The van der Waals surface area contributed by atoms with Crippen LogP contribution in [-0.4, -0.2) is 5.78 Å². The van der Waals surface area contributed by atoms with E-state index in [9.17, 15) is 4.79 Å². The highest BCUT2D eigenvalue weighted by atomic mass is 16.3. The normalized spacial score (nSPS) is 12.5. The van der Waals surface area contributed by atoms with Crippen molar-refractivity contribution in [3.05, 3.63) is 23.2 Å². The summed E-state index contributed by atoms with van der Waals surface area (Å²) in [6.45, 7) is 7.56. The van der Waals surface area contributed by atoms with Crippen molar-refractivity contribution < 1.29 is 9.21 Å². The van der Waals surface area contributed by atoms with Crippen LogP contribution in [0.5, 0.6) is 0 Å². The molecule has 0 N–H and O–H groups in total. The SMILES string of the molecule is Cc1cc(C(=O)C(C#N)CC(C)C)c(C)o1. The summed E-state index contributed by atoms with van der Waals surface area (Å²) in [6.07, 6.45) is 0.596. The predicted molar refractivity (Wildman–Crippen MR) is 61.1 cm³/mol. The van der Waals surface area contributed by atoms with Crippen molar-refractivity contribution in [2.24, 2.45) is 11.8 Å². The van der Waals surface area contributed by atoms with E-state index in [1.165, 1.54) is 0 Å². The van der Waals surface area contributed by atoms with Crippen LogP contribution in [0.15, 0.2) is 10.5 Å². The molecule has 0 amide bonds. The quantitative estimate of drug-likeness (QED) is 0.730. The lowest BCUT2D eigenvalue weighted by molar-refractivity contribution is 0.0935. The molecule has 3 heteroatoms. The third kappa shape index (κ3) is 2.73. The molecule has 0 aliphatic rings. The van der Waals surface area contributed by atoms with Gasteiger partial charge in [-0.25, -0.2) is 0 Å². The smallest absolute Gasteiger partial charge is 0.183 e. The minimum Gasteiger partial charge on any atom is -0.466 e. The first-order valence-electron chi connectivity index (χ1n) is 5.46.